The number of hydrogen-bond acceptors (Lipinski definition) is 3. The number of fused-ring (bicyclic) bond motifs is 1. The molecule has 1 aromatic carbocycles. The van der Waals surface area contributed by atoms with E-state index in [0.29, 0.717) is 23.2 Å². The number of hydrogen-bond donors (Lipinski definition) is 1. The first-order valence-electron chi connectivity index (χ1n) is 6.05. The van der Waals surface area contributed by atoms with Gasteiger partial charge in [-0.2, -0.15) is 0 Å². The summed E-state index contributed by atoms with van der Waals surface area (Å²) in [6.45, 7) is 7.17. The molecule has 4 heteroatoms. The average Bonchev–Trinajstić information content (AvgIpc) is 2.66. The molecule has 0 amide bonds. The molecule has 2 rings (SSSR count). The number of ether oxygens (including phenoxy) is 1. The van der Waals surface area contributed by atoms with Crippen LogP contribution < -0.4 is 5.32 Å². The van der Waals surface area contributed by atoms with Crippen LogP contribution in [0, 0.1) is 12.7 Å². The fraction of sp³-hybridized carbons (Fsp3) is 0.500. The Morgan fingerprint density at radius 2 is 2.11 bits per heavy atom. The lowest BCUT2D eigenvalue weighted by Crippen LogP contribution is -2.35. The number of aryl methyl sites for hydroxylation is 1. The number of nitrogens with one attached hydrogen (secondary N) is 1. The van der Waals surface area contributed by atoms with Crippen LogP contribution in [0.25, 0.3) is 0 Å². The minimum Gasteiger partial charge on any atom is -0.458 e. The Labute approximate surface area is 106 Å². The molecule has 1 N–H and O–H groups in total. The topological polar surface area (TPSA) is 38.3 Å². The van der Waals surface area contributed by atoms with Gasteiger partial charge in [-0.25, -0.2) is 9.18 Å². The van der Waals surface area contributed by atoms with Gasteiger partial charge in [-0.05, 0) is 39.3 Å². The second kappa shape index (κ2) is 4.26. The van der Waals surface area contributed by atoms with E-state index in [-0.39, 0.29) is 11.8 Å². The smallest absolute Gasteiger partial charge is 0.329 e. The third-order valence-corrected chi connectivity index (χ3v) is 2.87. The zero-order chi connectivity index (χ0) is 13.5. The summed E-state index contributed by atoms with van der Waals surface area (Å²) in [4.78, 5) is 11.9. The van der Waals surface area contributed by atoms with E-state index in [2.05, 4.69) is 5.32 Å². The van der Waals surface area contributed by atoms with E-state index in [0.717, 1.165) is 0 Å². The van der Waals surface area contributed by atoms with Crippen molar-refractivity contribution < 1.29 is 13.9 Å². The highest BCUT2D eigenvalue weighted by Crippen LogP contribution is 2.30. The van der Waals surface area contributed by atoms with E-state index in [1.165, 1.54) is 0 Å². The summed E-state index contributed by atoms with van der Waals surface area (Å²) in [5.74, 6) is -0.568. The number of rotatable bonds is 1. The lowest BCUT2D eigenvalue weighted by Gasteiger charge is -2.22. The molecule has 1 aliphatic heterocycles. The van der Waals surface area contributed by atoms with Crippen molar-refractivity contribution in [3.05, 3.63) is 29.1 Å². The van der Waals surface area contributed by atoms with E-state index in [9.17, 15) is 9.18 Å². The highest BCUT2D eigenvalue weighted by molar-refractivity contribution is 5.83. The van der Waals surface area contributed by atoms with Crippen molar-refractivity contribution in [2.45, 2.75) is 45.8 Å². The van der Waals surface area contributed by atoms with Crippen LogP contribution in [-0.2, 0) is 16.0 Å². The normalized spacial score (nSPS) is 18.2. The summed E-state index contributed by atoms with van der Waals surface area (Å²) >= 11 is 0. The largest absolute Gasteiger partial charge is 0.458 e. The van der Waals surface area contributed by atoms with Crippen LogP contribution in [0.15, 0.2) is 12.1 Å². The maximum atomic E-state index is 13.9. The first-order valence-corrected chi connectivity index (χ1v) is 6.05. The predicted octanol–water partition coefficient (Wildman–Crippen LogP) is 2.81. The number of anilines is 1. The Morgan fingerprint density at radius 1 is 1.44 bits per heavy atom. The van der Waals surface area contributed by atoms with Gasteiger partial charge >= 0.3 is 5.97 Å². The van der Waals surface area contributed by atoms with Gasteiger partial charge < -0.3 is 10.1 Å². The molecule has 0 aromatic heterocycles. The van der Waals surface area contributed by atoms with Crippen molar-refractivity contribution in [3.63, 3.8) is 0 Å². The molecule has 1 atom stereocenters. The SMILES string of the molecule is Cc1ccc2c(c1F)C[C@H](C(=O)OC(C)(C)C)N2. The van der Waals surface area contributed by atoms with Crippen LogP contribution in [0.3, 0.4) is 0 Å². The molecular weight excluding hydrogens is 233 g/mol. The Morgan fingerprint density at radius 3 is 2.72 bits per heavy atom. The first kappa shape index (κ1) is 12.9. The van der Waals surface area contributed by atoms with Crippen LogP contribution in [0.2, 0.25) is 0 Å². The second-order valence-corrected chi connectivity index (χ2v) is 5.66. The lowest BCUT2D eigenvalue weighted by atomic mass is 10.1. The molecule has 3 nitrogen and oxygen atoms in total. The monoisotopic (exact) mass is 251 g/mol. The van der Waals surface area contributed by atoms with Gasteiger partial charge in [0.25, 0.3) is 0 Å². The summed E-state index contributed by atoms with van der Waals surface area (Å²) < 4.78 is 19.2. The third kappa shape index (κ3) is 2.47. The zero-order valence-corrected chi connectivity index (χ0v) is 11.1. The van der Waals surface area contributed by atoms with Crippen molar-refractivity contribution in [1.82, 2.24) is 0 Å². The Hall–Kier alpha value is -1.58. The summed E-state index contributed by atoms with van der Waals surface area (Å²) in [6, 6.07) is 3.02. The van der Waals surface area contributed by atoms with Gasteiger partial charge in [-0.15, -0.1) is 0 Å². The molecule has 0 saturated carbocycles. The molecule has 1 aliphatic rings. The van der Waals surface area contributed by atoms with Gasteiger partial charge in [0.15, 0.2) is 0 Å². The van der Waals surface area contributed by atoms with Crippen molar-refractivity contribution in [3.8, 4) is 0 Å². The fourth-order valence-corrected chi connectivity index (χ4v) is 2.03. The maximum Gasteiger partial charge on any atom is 0.329 e. The highest BCUT2D eigenvalue weighted by atomic mass is 19.1. The Kier molecular flexibility index (Phi) is 3.05. The van der Waals surface area contributed by atoms with E-state index < -0.39 is 11.6 Å². The summed E-state index contributed by atoms with van der Waals surface area (Å²) in [7, 11) is 0. The van der Waals surface area contributed by atoms with Crippen molar-refractivity contribution in [2.75, 3.05) is 5.32 Å². The molecule has 0 aliphatic carbocycles. The lowest BCUT2D eigenvalue weighted by molar-refractivity contribution is -0.155. The summed E-state index contributed by atoms with van der Waals surface area (Å²) in [5, 5.41) is 3.01. The van der Waals surface area contributed by atoms with Gasteiger partial charge in [0.05, 0.1) is 0 Å². The number of halogens is 1. The van der Waals surface area contributed by atoms with Crippen molar-refractivity contribution >= 4 is 11.7 Å². The van der Waals surface area contributed by atoms with Crippen LogP contribution in [0.4, 0.5) is 10.1 Å². The van der Waals surface area contributed by atoms with E-state index in [1.54, 1.807) is 19.1 Å². The summed E-state index contributed by atoms with van der Waals surface area (Å²) in [5.41, 5.74) is 1.34. The molecule has 0 bridgehead atoms. The maximum absolute atomic E-state index is 13.9. The van der Waals surface area contributed by atoms with Crippen LogP contribution in [-0.4, -0.2) is 17.6 Å². The minimum absolute atomic E-state index is 0.231. The predicted molar refractivity (Wildman–Crippen MR) is 68.1 cm³/mol. The molecule has 1 heterocycles. The van der Waals surface area contributed by atoms with Gasteiger partial charge in [0.1, 0.15) is 17.5 Å². The van der Waals surface area contributed by atoms with Gasteiger partial charge in [0, 0.05) is 17.7 Å². The molecule has 0 spiro atoms. The molecule has 98 valence electrons. The first-order chi connectivity index (χ1) is 8.28. The Bertz CT molecular complexity index is 491. The van der Waals surface area contributed by atoms with Crippen molar-refractivity contribution in [1.29, 1.82) is 0 Å². The summed E-state index contributed by atoms with van der Waals surface area (Å²) in [6.07, 6.45) is 0.345. The minimum atomic E-state index is -0.526. The fourth-order valence-electron chi connectivity index (χ4n) is 2.03. The molecule has 1 aromatic rings. The zero-order valence-electron chi connectivity index (χ0n) is 11.1. The Balaban J connectivity index is 2.15. The van der Waals surface area contributed by atoms with Gasteiger partial charge in [-0.3, -0.25) is 0 Å². The van der Waals surface area contributed by atoms with E-state index in [4.69, 9.17) is 4.74 Å². The molecule has 0 fully saturated rings. The molecule has 0 saturated heterocycles. The van der Waals surface area contributed by atoms with Crippen LogP contribution in [0.5, 0.6) is 0 Å². The number of carbonyl (C=O) groups excluding carboxylic acids is 1. The molecular formula is C14H18FNO2. The molecule has 0 unspecified atom stereocenters. The number of benzene rings is 1. The highest BCUT2D eigenvalue weighted by Gasteiger charge is 2.32. The quantitative estimate of drug-likeness (QED) is 0.780. The number of carbonyl (C=O) groups is 1. The molecule has 18 heavy (non-hydrogen) atoms. The standard InChI is InChI=1S/C14H18FNO2/c1-8-5-6-10-9(12(8)15)7-11(16-10)13(17)18-14(2,3)4/h5-6,11,16H,7H2,1-4H3/t11-/m1/s1. The number of esters is 1. The van der Waals surface area contributed by atoms with Crippen LogP contribution >= 0.6 is 0 Å². The second-order valence-electron chi connectivity index (χ2n) is 5.66. The van der Waals surface area contributed by atoms with Gasteiger partial charge in [0.2, 0.25) is 0 Å². The van der Waals surface area contributed by atoms with E-state index in [1.807, 2.05) is 20.8 Å². The van der Waals surface area contributed by atoms with Crippen molar-refractivity contribution in [2.24, 2.45) is 0 Å². The average molecular weight is 251 g/mol. The third-order valence-electron chi connectivity index (χ3n) is 2.87. The van der Waals surface area contributed by atoms with Gasteiger partial charge in [-0.1, -0.05) is 6.07 Å². The van der Waals surface area contributed by atoms with E-state index >= 15 is 0 Å². The van der Waals surface area contributed by atoms with Crippen LogP contribution in [0.1, 0.15) is 31.9 Å². The molecule has 0 radical (unpaired) electrons.